The van der Waals surface area contributed by atoms with E-state index in [0.717, 1.165) is 46.5 Å². The van der Waals surface area contributed by atoms with E-state index in [4.69, 9.17) is 19.9 Å². The lowest BCUT2D eigenvalue weighted by molar-refractivity contribution is -0.298. The van der Waals surface area contributed by atoms with Gasteiger partial charge in [0.2, 0.25) is 0 Å². The van der Waals surface area contributed by atoms with Gasteiger partial charge in [0.15, 0.2) is 5.79 Å². The molecule has 6 rings (SSSR count). The van der Waals surface area contributed by atoms with Crippen molar-refractivity contribution in [2.45, 2.75) is 69.9 Å². The third-order valence-corrected chi connectivity index (χ3v) is 8.26. The number of fused-ring (bicyclic) bond motifs is 1. The second kappa shape index (κ2) is 10.9. The number of aromatic nitrogens is 3. The summed E-state index contributed by atoms with van der Waals surface area (Å²) >= 11 is 0. The van der Waals surface area contributed by atoms with Crippen LogP contribution in [0, 0.1) is 0 Å². The van der Waals surface area contributed by atoms with Crippen LogP contribution in [0.1, 0.15) is 52.5 Å². The van der Waals surface area contributed by atoms with Gasteiger partial charge < -0.3 is 29.6 Å². The number of para-hydroxylation sites is 1. The molecule has 1 saturated carbocycles. The van der Waals surface area contributed by atoms with Crippen molar-refractivity contribution < 1.29 is 24.1 Å². The summed E-state index contributed by atoms with van der Waals surface area (Å²) in [6.45, 7) is 6.29. The summed E-state index contributed by atoms with van der Waals surface area (Å²) < 4.78 is 20.7. The van der Waals surface area contributed by atoms with Gasteiger partial charge in [-0.15, -0.1) is 0 Å². The van der Waals surface area contributed by atoms with Crippen LogP contribution < -0.4 is 10.5 Å². The lowest BCUT2D eigenvalue weighted by Crippen LogP contribution is -2.59. The molecule has 42 heavy (non-hydrogen) atoms. The lowest BCUT2D eigenvalue weighted by atomic mass is 9.89. The molecule has 0 unspecified atom stereocenters. The number of anilines is 1. The van der Waals surface area contributed by atoms with Gasteiger partial charge in [-0.2, -0.15) is 0 Å². The van der Waals surface area contributed by atoms with Crippen LogP contribution in [0.15, 0.2) is 67.1 Å². The summed E-state index contributed by atoms with van der Waals surface area (Å²) in [5.41, 5.74) is 8.62. The Kier molecular flexibility index (Phi) is 7.28. The van der Waals surface area contributed by atoms with Crippen LogP contribution in [-0.2, 0) is 9.47 Å². The van der Waals surface area contributed by atoms with Crippen LogP contribution in [0.3, 0.4) is 0 Å². The maximum absolute atomic E-state index is 11.9. The quantitative estimate of drug-likeness (QED) is 0.279. The molecule has 2 fully saturated rings. The Morgan fingerprint density at radius 1 is 1.02 bits per heavy atom. The van der Waals surface area contributed by atoms with Crippen molar-refractivity contribution in [2.24, 2.45) is 0 Å². The molecule has 220 valence electrons. The molecule has 3 heterocycles. The minimum atomic E-state index is -0.964. The molecule has 4 aromatic rings. The first-order valence-electron chi connectivity index (χ1n) is 14.4. The Bertz CT molecular complexity index is 1550. The Hall–Kier alpha value is -4.15. The zero-order chi connectivity index (χ0) is 29.5. The van der Waals surface area contributed by atoms with Gasteiger partial charge >= 0.3 is 6.09 Å². The number of nitrogens with zero attached hydrogens (tertiary/aromatic N) is 4. The molecular weight excluding hydrogens is 534 g/mol. The van der Waals surface area contributed by atoms with Gasteiger partial charge in [-0.25, -0.2) is 14.8 Å². The maximum atomic E-state index is 11.9. The molecule has 3 N–H and O–H groups in total. The average Bonchev–Trinajstić information content (AvgIpc) is 3.36. The highest BCUT2D eigenvalue weighted by Gasteiger charge is 2.45. The highest BCUT2D eigenvalue weighted by molar-refractivity contribution is 6.00. The topological polar surface area (TPSA) is 125 Å². The van der Waals surface area contributed by atoms with Gasteiger partial charge in [-0.1, -0.05) is 30.3 Å². The van der Waals surface area contributed by atoms with E-state index in [1.54, 1.807) is 0 Å². The summed E-state index contributed by atoms with van der Waals surface area (Å²) in [4.78, 5) is 22.3. The normalized spacial score (nSPS) is 22.7. The van der Waals surface area contributed by atoms with Gasteiger partial charge in [0.1, 0.15) is 29.3 Å². The number of amides is 1. The second-order valence-corrected chi connectivity index (χ2v) is 12.1. The van der Waals surface area contributed by atoms with Crippen LogP contribution in [-0.4, -0.2) is 61.2 Å². The fraction of sp³-hybridized carbons (Fsp3) is 0.406. The van der Waals surface area contributed by atoms with E-state index in [1.165, 1.54) is 11.2 Å². The number of carbonyl (C=O) groups is 1. The van der Waals surface area contributed by atoms with E-state index in [-0.39, 0.29) is 12.1 Å². The first-order valence-corrected chi connectivity index (χ1v) is 14.4. The van der Waals surface area contributed by atoms with E-state index in [0.29, 0.717) is 31.9 Å². The molecule has 1 aliphatic carbocycles. The molecule has 0 radical (unpaired) electrons. The predicted molar refractivity (Wildman–Crippen MR) is 159 cm³/mol. The standard InChI is InChI=1S/C32H37N5O5/c1-31(2,3)37(30(38)39)23-18-40-32(41-19-23)15-13-22(14-16-32)36-17-26(27-28(33)34-20-35-29(27)36)21-9-11-25(12-10-21)42-24-7-5-4-6-8-24/h4-12,17,20,22-23H,13-16,18-19H2,1-3H3,(H,38,39)(H2,33,34,35). The minimum absolute atomic E-state index is 0.178. The zero-order valence-electron chi connectivity index (χ0n) is 24.2. The van der Waals surface area contributed by atoms with Crippen LogP contribution in [0.5, 0.6) is 11.5 Å². The predicted octanol–water partition coefficient (Wildman–Crippen LogP) is 6.48. The molecule has 1 spiro atoms. The van der Waals surface area contributed by atoms with Crippen LogP contribution in [0.2, 0.25) is 0 Å². The van der Waals surface area contributed by atoms with Crippen LogP contribution in [0.25, 0.3) is 22.2 Å². The number of carboxylic acid groups (broad SMARTS) is 1. The lowest BCUT2D eigenvalue weighted by Gasteiger charge is -2.48. The van der Waals surface area contributed by atoms with E-state index < -0.39 is 17.4 Å². The highest BCUT2D eigenvalue weighted by Crippen LogP contribution is 2.43. The number of hydrogen-bond acceptors (Lipinski definition) is 7. The van der Waals surface area contributed by atoms with Crippen LogP contribution >= 0.6 is 0 Å². The highest BCUT2D eigenvalue weighted by atomic mass is 16.7. The Balaban J connectivity index is 1.19. The Morgan fingerprint density at radius 2 is 1.67 bits per heavy atom. The molecule has 10 heteroatoms. The third-order valence-electron chi connectivity index (χ3n) is 8.26. The molecule has 2 aromatic heterocycles. The molecule has 1 saturated heterocycles. The van der Waals surface area contributed by atoms with Crippen molar-refractivity contribution >= 4 is 22.9 Å². The van der Waals surface area contributed by atoms with E-state index in [2.05, 4.69) is 20.7 Å². The largest absolute Gasteiger partial charge is 0.465 e. The fourth-order valence-electron chi connectivity index (χ4n) is 6.27. The summed E-state index contributed by atoms with van der Waals surface area (Å²) in [6.07, 6.45) is 5.72. The molecule has 0 atom stereocenters. The monoisotopic (exact) mass is 571 g/mol. The Morgan fingerprint density at radius 3 is 2.29 bits per heavy atom. The summed E-state index contributed by atoms with van der Waals surface area (Å²) in [5, 5.41) is 10.6. The molecule has 2 aliphatic rings. The van der Waals surface area contributed by atoms with Crippen molar-refractivity contribution in [1.29, 1.82) is 0 Å². The van der Waals surface area contributed by atoms with Crippen molar-refractivity contribution in [3.8, 4) is 22.6 Å². The van der Waals surface area contributed by atoms with Gasteiger partial charge in [0, 0.05) is 36.2 Å². The average molecular weight is 572 g/mol. The second-order valence-electron chi connectivity index (χ2n) is 12.1. The first kappa shape index (κ1) is 28.0. The first-order chi connectivity index (χ1) is 20.1. The number of nitrogen functional groups attached to an aromatic ring is 1. The number of nitrogens with two attached hydrogens (primary N) is 1. The van der Waals surface area contributed by atoms with Gasteiger partial charge in [0.05, 0.1) is 24.6 Å². The molecule has 10 nitrogen and oxygen atoms in total. The number of benzene rings is 2. The van der Waals surface area contributed by atoms with Gasteiger partial charge in [-0.05, 0) is 63.4 Å². The van der Waals surface area contributed by atoms with Crippen molar-refractivity contribution in [3.05, 3.63) is 67.1 Å². The third kappa shape index (κ3) is 5.39. The van der Waals surface area contributed by atoms with Crippen LogP contribution in [0.4, 0.5) is 10.6 Å². The van der Waals surface area contributed by atoms with E-state index in [1.807, 2.05) is 75.4 Å². The number of hydrogen-bond donors (Lipinski definition) is 2. The minimum Gasteiger partial charge on any atom is -0.465 e. The van der Waals surface area contributed by atoms with Gasteiger partial charge in [0.25, 0.3) is 0 Å². The smallest absolute Gasteiger partial charge is 0.408 e. The summed E-state index contributed by atoms with van der Waals surface area (Å²) in [6, 6.07) is 17.5. The van der Waals surface area contributed by atoms with Crippen molar-refractivity contribution in [1.82, 2.24) is 19.4 Å². The summed E-state index contributed by atoms with van der Waals surface area (Å²) in [5.74, 6) is 1.28. The molecule has 1 amide bonds. The molecular formula is C32H37N5O5. The number of ether oxygens (including phenoxy) is 3. The SMILES string of the molecule is CC(C)(C)N(C(=O)O)C1COC2(CCC(n3cc(-c4ccc(Oc5ccccc5)cc4)c4c(N)ncnc43)CC2)OC1. The zero-order valence-corrected chi connectivity index (χ0v) is 24.2. The summed E-state index contributed by atoms with van der Waals surface area (Å²) in [7, 11) is 0. The maximum Gasteiger partial charge on any atom is 0.408 e. The molecule has 2 aromatic carbocycles. The van der Waals surface area contributed by atoms with Gasteiger partial charge in [-0.3, -0.25) is 4.90 Å². The van der Waals surface area contributed by atoms with E-state index in [9.17, 15) is 9.90 Å². The molecule has 0 bridgehead atoms. The number of rotatable bonds is 5. The fourth-order valence-corrected chi connectivity index (χ4v) is 6.27. The van der Waals surface area contributed by atoms with Crippen molar-refractivity contribution in [3.63, 3.8) is 0 Å². The van der Waals surface area contributed by atoms with Crippen molar-refractivity contribution in [2.75, 3.05) is 18.9 Å². The molecule has 1 aliphatic heterocycles. The Labute approximate surface area is 245 Å². The van der Waals surface area contributed by atoms with E-state index >= 15 is 0 Å².